The van der Waals surface area contributed by atoms with E-state index < -0.39 is 34.5 Å². The Balaban J connectivity index is 1.41. The number of carboxylic acid groups (broad SMARTS) is 1. The van der Waals surface area contributed by atoms with Crippen molar-refractivity contribution in [1.29, 1.82) is 0 Å². The Bertz CT molecular complexity index is 1210. The first-order chi connectivity index (χ1) is 17.3. The molecule has 4 rings (SSSR count). The SMILES string of the molecule is O=C(O)CC(NC(=O)c1cccc(N2CCN(C3=NCCCN3)CC2)c1)NS(=O)(=O)c1ccccc1. The third-order valence-corrected chi connectivity index (χ3v) is 7.45. The Kier molecular flexibility index (Phi) is 8.06. The third-order valence-electron chi connectivity index (χ3n) is 5.97. The first kappa shape index (κ1) is 25.5. The fourth-order valence-corrected chi connectivity index (χ4v) is 5.31. The predicted molar refractivity (Wildman–Crippen MR) is 135 cm³/mol. The van der Waals surface area contributed by atoms with Gasteiger partial charge in [-0.25, -0.2) is 8.42 Å². The van der Waals surface area contributed by atoms with Gasteiger partial charge in [-0.3, -0.25) is 14.6 Å². The molecule has 12 heteroatoms. The van der Waals surface area contributed by atoms with Crippen LogP contribution in [0.4, 0.5) is 5.69 Å². The molecule has 0 aliphatic carbocycles. The standard InChI is InChI=1S/C24H30N6O5S/c31-22(32)17-21(28-36(34,35)20-8-2-1-3-9-20)27-23(33)18-6-4-7-19(16-18)29-12-14-30(15-13-29)24-25-10-5-11-26-24/h1-4,6-9,16,21,28H,5,10-15,17H2,(H,25,26)(H,27,33)(H,31,32). The number of carbonyl (C=O) groups excluding carboxylic acids is 1. The highest BCUT2D eigenvalue weighted by Gasteiger charge is 2.25. The van der Waals surface area contributed by atoms with Crippen molar-refractivity contribution in [2.45, 2.75) is 23.9 Å². The van der Waals surface area contributed by atoms with E-state index in [1.807, 2.05) is 6.07 Å². The second-order valence-electron chi connectivity index (χ2n) is 8.57. The number of rotatable bonds is 8. The molecule has 1 amide bonds. The van der Waals surface area contributed by atoms with Crippen molar-refractivity contribution in [3.05, 3.63) is 60.2 Å². The van der Waals surface area contributed by atoms with Gasteiger partial charge in [0.05, 0.1) is 11.3 Å². The van der Waals surface area contributed by atoms with Crippen molar-refractivity contribution in [2.24, 2.45) is 4.99 Å². The third kappa shape index (κ3) is 6.52. The number of amides is 1. The minimum atomic E-state index is -4.03. The van der Waals surface area contributed by atoms with Crippen molar-refractivity contribution in [1.82, 2.24) is 20.3 Å². The second-order valence-corrected chi connectivity index (χ2v) is 10.3. The summed E-state index contributed by atoms with van der Waals surface area (Å²) < 4.78 is 27.6. The molecule has 0 bridgehead atoms. The van der Waals surface area contributed by atoms with E-state index >= 15 is 0 Å². The van der Waals surface area contributed by atoms with Gasteiger partial charge in [-0.15, -0.1) is 0 Å². The molecular formula is C24H30N6O5S. The van der Waals surface area contributed by atoms with Crippen LogP contribution in [0.3, 0.4) is 0 Å². The van der Waals surface area contributed by atoms with E-state index in [0.717, 1.165) is 57.3 Å². The van der Waals surface area contributed by atoms with Crippen molar-refractivity contribution < 1.29 is 23.1 Å². The predicted octanol–water partition coefficient (Wildman–Crippen LogP) is 0.667. The van der Waals surface area contributed by atoms with E-state index in [9.17, 15) is 23.1 Å². The van der Waals surface area contributed by atoms with Gasteiger partial charge in [0.25, 0.3) is 5.91 Å². The maximum atomic E-state index is 13.0. The molecule has 2 aliphatic rings. The minimum Gasteiger partial charge on any atom is -0.481 e. The van der Waals surface area contributed by atoms with Gasteiger partial charge < -0.3 is 25.5 Å². The molecule has 1 fully saturated rings. The van der Waals surface area contributed by atoms with Crippen molar-refractivity contribution in [3.63, 3.8) is 0 Å². The molecule has 0 aromatic heterocycles. The normalized spacial score (nSPS) is 17.1. The maximum Gasteiger partial charge on any atom is 0.306 e. The number of hydrogen-bond donors (Lipinski definition) is 4. The molecule has 2 aliphatic heterocycles. The van der Waals surface area contributed by atoms with E-state index in [0.29, 0.717) is 5.56 Å². The molecule has 0 saturated carbocycles. The second kappa shape index (κ2) is 11.4. The molecule has 1 unspecified atom stereocenters. The van der Waals surface area contributed by atoms with Gasteiger partial charge in [0, 0.05) is 50.5 Å². The van der Waals surface area contributed by atoms with Crippen LogP contribution >= 0.6 is 0 Å². The number of anilines is 1. The zero-order valence-electron chi connectivity index (χ0n) is 19.8. The Morgan fingerprint density at radius 2 is 1.75 bits per heavy atom. The summed E-state index contributed by atoms with van der Waals surface area (Å²) in [6.07, 6.45) is -0.896. The lowest BCUT2D eigenvalue weighted by atomic mass is 10.1. The van der Waals surface area contributed by atoms with E-state index in [-0.39, 0.29) is 4.90 Å². The molecular weight excluding hydrogens is 484 g/mol. The summed E-state index contributed by atoms with van der Waals surface area (Å²) >= 11 is 0. The topological polar surface area (TPSA) is 143 Å². The molecule has 36 heavy (non-hydrogen) atoms. The number of aliphatic carboxylic acids is 1. The van der Waals surface area contributed by atoms with Gasteiger partial charge >= 0.3 is 5.97 Å². The van der Waals surface area contributed by atoms with Crippen LogP contribution in [0.25, 0.3) is 0 Å². The molecule has 192 valence electrons. The van der Waals surface area contributed by atoms with Crippen molar-refractivity contribution in [3.8, 4) is 0 Å². The molecule has 0 radical (unpaired) electrons. The number of aliphatic imine (C=N–C) groups is 1. The molecule has 2 heterocycles. The first-order valence-corrected chi connectivity index (χ1v) is 13.3. The number of carboxylic acids is 1. The maximum absolute atomic E-state index is 13.0. The summed E-state index contributed by atoms with van der Waals surface area (Å²) in [5.41, 5.74) is 1.17. The lowest BCUT2D eigenvalue weighted by Gasteiger charge is -2.38. The highest BCUT2D eigenvalue weighted by molar-refractivity contribution is 7.89. The largest absolute Gasteiger partial charge is 0.481 e. The Morgan fingerprint density at radius 1 is 1.03 bits per heavy atom. The minimum absolute atomic E-state index is 0.0230. The van der Waals surface area contributed by atoms with Crippen LogP contribution in [0.1, 0.15) is 23.2 Å². The number of hydrogen-bond acceptors (Lipinski definition) is 8. The van der Waals surface area contributed by atoms with Crippen LogP contribution in [0, 0.1) is 0 Å². The number of benzene rings is 2. The van der Waals surface area contributed by atoms with Crippen LogP contribution < -0.4 is 20.3 Å². The van der Waals surface area contributed by atoms with Gasteiger partial charge in [-0.05, 0) is 36.8 Å². The summed E-state index contributed by atoms with van der Waals surface area (Å²) in [5, 5.41) is 15.1. The zero-order chi connectivity index (χ0) is 25.5. The Hall–Kier alpha value is -3.64. The van der Waals surface area contributed by atoms with E-state index in [4.69, 9.17) is 0 Å². The number of piperazine rings is 1. The average molecular weight is 515 g/mol. The lowest BCUT2D eigenvalue weighted by molar-refractivity contribution is -0.137. The molecule has 11 nitrogen and oxygen atoms in total. The van der Waals surface area contributed by atoms with Crippen LogP contribution in [-0.4, -0.2) is 81.7 Å². The smallest absolute Gasteiger partial charge is 0.306 e. The van der Waals surface area contributed by atoms with E-state index in [2.05, 4.69) is 30.1 Å². The van der Waals surface area contributed by atoms with Crippen molar-refractivity contribution in [2.75, 3.05) is 44.2 Å². The fraction of sp³-hybridized carbons (Fsp3) is 0.375. The number of carbonyl (C=O) groups is 2. The quantitative estimate of drug-likeness (QED) is 0.377. The summed E-state index contributed by atoms with van der Waals surface area (Å²) in [4.78, 5) is 33.2. The van der Waals surface area contributed by atoms with Gasteiger partial charge in [0.1, 0.15) is 6.17 Å². The fourth-order valence-electron chi connectivity index (χ4n) is 4.15. The number of sulfonamides is 1. The van der Waals surface area contributed by atoms with Gasteiger partial charge in [-0.2, -0.15) is 4.72 Å². The van der Waals surface area contributed by atoms with Crippen molar-refractivity contribution >= 4 is 33.5 Å². The summed E-state index contributed by atoms with van der Waals surface area (Å²) in [6, 6.07) is 14.6. The Labute approximate surface area is 210 Å². The zero-order valence-corrected chi connectivity index (χ0v) is 20.6. The lowest BCUT2D eigenvalue weighted by Crippen LogP contribution is -2.53. The summed E-state index contributed by atoms with van der Waals surface area (Å²) in [5.74, 6) is -0.880. The molecule has 2 aromatic rings. The molecule has 0 spiro atoms. The van der Waals surface area contributed by atoms with Gasteiger partial charge in [-0.1, -0.05) is 24.3 Å². The molecule has 1 atom stereocenters. The van der Waals surface area contributed by atoms with Crippen LogP contribution in [0.15, 0.2) is 64.5 Å². The molecule has 4 N–H and O–H groups in total. The monoisotopic (exact) mass is 514 g/mol. The van der Waals surface area contributed by atoms with Crippen LogP contribution in [0.5, 0.6) is 0 Å². The molecule has 1 saturated heterocycles. The van der Waals surface area contributed by atoms with E-state index in [1.165, 1.54) is 12.1 Å². The number of guanidine groups is 1. The van der Waals surface area contributed by atoms with Gasteiger partial charge in [0.15, 0.2) is 5.96 Å². The highest BCUT2D eigenvalue weighted by atomic mass is 32.2. The van der Waals surface area contributed by atoms with Crippen LogP contribution in [0.2, 0.25) is 0 Å². The average Bonchev–Trinajstić information content (AvgIpc) is 2.89. The summed E-state index contributed by atoms with van der Waals surface area (Å²) in [6.45, 7) is 4.87. The van der Waals surface area contributed by atoms with E-state index in [1.54, 1.807) is 36.4 Å². The Morgan fingerprint density at radius 3 is 2.42 bits per heavy atom. The highest BCUT2D eigenvalue weighted by Crippen LogP contribution is 2.19. The molecule has 2 aromatic carbocycles. The van der Waals surface area contributed by atoms with Gasteiger partial charge in [0.2, 0.25) is 10.0 Å². The number of nitrogens with zero attached hydrogens (tertiary/aromatic N) is 3. The van der Waals surface area contributed by atoms with Crippen LogP contribution in [-0.2, 0) is 14.8 Å². The summed E-state index contributed by atoms with van der Waals surface area (Å²) in [7, 11) is -4.03. The first-order valence-electron chi connectivity index (χ1n) is 11.8. The number of nitrogens with one attached hydrogen (secondary N) is 3.